The molecule has 0 bridgehead atoms. The van der Waals surface area contributed by atoms with Gasteiger partial charge in [0.1, 0.15) is 0 Å². The molecule has 32 heavy (non-hydrogen) atoms. The van der Waals surface area contributed by atoms with Gasteiger partial charge in [0, 0.05) is 10.9 Å². The molecule has 0 aliphatic heterocycles. The van der Waals surface area contributed by atoms with Crippen molar-refractivity contribution in [1.29, 1.82) is 0 Å². The first-order valence-electron chi connectivity index (χ1n) is 10.8. The number of nitrogens with zero attached hydrogens (tertiary/aromatic N) is 4. The van der Waals surface area contributed by atoms with E-state index in [2.05, 4.69) is 34.3 Å². The summed E-state index contributed by atoms with van der Waals surface area (Å²) in [5.41, 5.74) is 3.56. The molecule has 0 saturated carbocycles. The molecule has 0 aliphatic carbocycles. The molecule has 2 aromatic heterocycles. The highest BCUT2D eigenvalue weighted by atomic mass is 16.1. The second-order valence-corrected chi connectivity index (χ2v) is 7.78. The second-order valence-electron chi connectivity index (χ2n) is 7.78. The van der Waals surface area contributed by atoms with Crippen molar-refractivity contribution >= 4 is 33.4 Å². The Bertz CT molecular complexity index is 1410. The molecule has 158 valence electrons. The van der Waals surface area contributed by atoms with E-state index in [1.165, 1.54) is 5.39 Å². The summed E-state index contributed by atoms with van der Waals surface area (Å²) in [6, 6.07) is 21.8. The minimum Gasteiger partial charge on any atom is -0.305 e. The zero-order valence-electron chi connectivity index (χ0n) is 17.8. The van der Waals surface area contributed by atoms with Gasteiger partial charge in [0.2, 0.25) is 0 Å². The molecule has 3 aromatic carbocycles. The number of fused-ring (bicyclic) bond motifs is 2. The highest BCUT2D eigenvalue weighted by Gasteiger charge is 2.11. The molecule has 0 aliphatic rings. The topological polar surface area (TPSA) is 72.7 Å². The molecule has 6 nitrogen and oxygen atoms in total. The van der Waals surface area contributed by atoms with E-state index in [0.29, 0.717) is 17.9 Å². The Morgan fingerprint density at radius 2 is 1.75 bits per heavy atom. The van der Waals surface area contributed by atoms with Crippen LogP contribution < -0.4 is 5.32 Å². The van der Waals surface area contributed by atoms with Gasteiger partial charge in [-0.05, 0) is 35.4 Å². The van der Waals surface area contributed by atoms with Crippen molar-refractivity contribution in [3.63, 3.8) is 0 Å². The maximum absolute atomic E-state index is 12.7. The third-order valence-electron chi connectivity index (χ3n) is 5.49. The lowest BCUT2D eigenvalue weighted by Crippen LogP contribution is -2.13. The van der Waals surface area contributed by atoms with E-state index in [1.54, 1.807) is 12.4 Å². The maximum atomic E-state index is 12.7. The van der Waals surface area contributed by atoms with Gasteiger partial charge in [-0.1, -0.05) is 61.9 Å². The average Bonchev–Trinajstić information content (AvgIpc) is 3.17. The Morgan fingerprint density at radius 3 is 2.56 bits per heavy atom. The summed E-state index contributed by atoms with van der Waals surface area (Å²) in [5, 5.41) is 10.9. The lowest BCUT2D eigenvalue weighted by atomic mass is 10.1. The summed E-state index contributed by atoms with van der Waals surface area (Å²) in [6.45, 7) is 2.68. The number of anilines is 1. The Balaban J connectivity index is 1.32. The van der Waals surface area contributed by atoms with Crippen molar-refractivity contribution in [2.24, 2.45) is 0 Å². The Labute approximate surface area is 185 Å². The molecular weight excluding hydrogens is 398 g/mol. The van der Waals surface area contributed by atoms with Crippen LogP contribution in [0.5, 0.6) is 0 Å². The Hall–Kier alpha value is -4.06. The molecule has 1 N–H and O–H groups in total. The molecule has 5 rings (SSSR count). The van der Waals surface area contributed by atoms with Crippen LogP contribution in [0.3, 0.4) is 0 Å². The Morgan fingerprint density at radius 1 is 0.938 bits per heavy atom. The zero-order chi connectivity index (χ0) is 21.9. The number of nitrogens with one attached hydrogen (secondary N) is 1. The molecule has 0 saturated heterocycles. The maximum Gasteiger partial charge on any atom is 0.256 e. The number of para-hydroxylation sites is 1. The van der Waals surface area contributed by atoms with Gasteiger partial charge in [0.15, 0.2) is 5.82 Å². The fraction of sp³-hybridized carbons (Fsp3) is 0.154. The van der Waals surface area contributed by atoms with Gasteiger partial charge in [0.05, 0.1) is 35.8 Å². The number of hydrogen-bond donors (Lipinski definition) is 1. The van der Waals surface area contributed by atoms with Crippen molar-refractivity contribution < 1.29 is 4.79 Å². The summed E-state index contributed by atoms with van der Waals surface area (Å²) < 4.78 is 1.97. The van der Waals surface area contributed by atoms with Gasteiger partial charge in [-0.15, -0.1) is 0 Å². The largest absolute Gasteiger partial charge is 0.305 e. The molecule has 1 amide bonds. The number of carbonyl (C=O) groups excluding carboxylic acids is 1. The SMILES string of the molecule is CCCc1nn(Cc2cnc(NC(=O)c3ccc4ccccc4c3)cn2)c2ccccc12. The summed E-state index contributed by atoms with van der Waals surface area (Å²) >= 11 is 0. The second kappa shape index (κ2) is 8.59. The van der Waals surface area contributed by atoms with Crippen LogP contribution in [0.4, 0.5) is 5.82 Å². The predicted octanol–water partition coefficient (Wildman–Crippen LogP) is 5.23. The van der Waals surface area contributed by atoms with Crippen LogP contribution >= 0.6 is 0 Å². The number of carbonyl (C=O) groups is 1. The first kappa shape index (κ1) is 19.9. The molecule has 0 unspecified atom stereocenters. The molecule has 0 fully saturated rings. The number of aromatic nitrogens is 4. The van der Waals surface area contributed by atoms with E-state index < -0.39 is 0 Å². The zero-order valence-corrected chi connectivity index (χ0v) is 17.8. The summed E-state index contributed by atoms with van der Waals surface area (Å²) in [7, 11) is 0. The van der Waals surface area contributed by atoms with E-state index in [0.717, 1.165) is 40.5 Å². The first-order valence-corrected chi connectivity index (χ1v) is 10.8. The minimum absolute atomic E-state index is 0.208. The van der Waals surface area contributed by atoms with Crippen molar-refractivity contribution in [1.82, 2.24) is 19.7 Å². The Kier molecular flexibility index (Phi) is 5.34. The van der Waals surface area contributed by atoms with Crippen LogP contribution in [0, 0.1) is 0 Å². The van der Waals surface area contributed by atoms with Crippen molar-refractivity contribution in [2.75, 3.05) is 5.32 Å². The number of amides is 1. The van der Waals surface area contributed by atoms with E-state index in [-0.39, 0.29) is 5.91 Å². The van der Waals surface area contributed by atoms with Gasteiger partial charge in [-0.25, -0.2) is 4.98 Å². The molecule has 0 atom stereocenters. The van der Waals surface area contributed by atoms with E-state index in [9.17, 15) is 4.79 Å². The van der Waals surface area contributed by atoms with Crippen LogP contribution in [0.25, 0.3) is 21.7 Å². The van der Waals surface area contributed by atoms with Gasteiger partial charge < -0.3 is 5.32 Å². The van der Waals surface area contributed by atoms with Crippen molar-refractivity contribution in [2.45, 2.75) is 26.3 Å². The highest BCUT2D eigenvalue weighted by Crippen LogP contribution is 2.21. The fourth-order valence-corrected chi connectivity index (χ4v) is 3.91. The lowest BCUT2D eigenvalue weighted by molar-refractivity contribution is 0.102. The molecule has 5 aromatic rings. The van der Waals surface area contributed by atoms with E-state index >= 15 is 0 Å². The van der Waals surface area contributed by atoms with Crippen molar-refractivity contribution in [3.05, 3.63) is 96.1 Å². The van der Waals surface area contributed by atoms with Crippen LogP contribution in [-0.4, -0.2) is 25.7 Å². The fourth-order valence-electron chi connectivity index (χ4n) is 3.91. The third kappa shape index (κ3) is 3.95. The predicted molar refractivity (Wildman–Crippen MR) is 127 cm³/mol. The molecule has 0 spiro atoms. The lowest BCUT2D eigenvalue weighted by Gasteiger charge is -2.07. The molecular formula is C26H23N5O. The molecule has 0 radical (unpaired) electrons. The average molecular weight is 422 g/mol. The normalized spacial score (nSPS) is 11.2. The highest BCUT2D eigenvalue weighted by molar-refractivity contribution is 6.05. The third-order valence-corrected chi connectivity index (χ3v) is 5.49. The number of aryl methyl sites for hydroxylation is 1. The van der Waals surface area contributed by atoms with Gasteiger partial charge >= 0.3 is 0 Å². The monoisotopic (exact) mass is 421 g/mol. The van der Waals surface area contributed by atoms with Gasteiger partial charge in [-0.3, -0.25) is 14.5 Å². The van der Waals surface area contributed by atoms with E-state index in [4.69, 9.17) is 5.10 Å². The number of hydrogen-bond acceptors (Lipinski definition) is 4. The molecule has 2 heterocycles. The standard InChI is InChI=1S/C26H23N5O/c1-2-7-23-22-10-5-6-11-24(22)31(30-23)17-21-15-28-25(16-27-21)29-26(32)20-13-12-18-8-3-4-9-19(18)14-20/h3-6,8-16H,2,7,17H2,1H3,(H,28,29,32). The van der Waals surface area contributed by atoms with Crippen molar-refractivity contribution in [3.8, 4) is 0 Å². The van der Waals surface area contributed by atoms with Crippen LogP contribution in [-0.2, 0) is 13.0 Å². The minimum atomic E-state index is -0.208. The van der Waals surface area contributed by atoms with E-state index in [1.807, 2.05) is 59.3 Å². The summed E-state index contributed by atoms with van der Waals surface area (Å²) in [5.74, 6) is 0.212. The number of benzene rings is 3. The summed E-state index contributed by atoms with van der Waals surface area (Å²) in [4.78, 5) is 21.5. The quantitative estimate of drug-likeness (QED) is 0.407. The van der Waals surface area contributed by atoms with Crippen LogP contribution in [0.2, 0.25) is 0 Å². The molecule has 6 heteroatoms. The van der Waals surface area contributed by atoms with Gasteiger partial charge in [0.25, 0.3) is 5.91 Å². The number of rotatable bonds is 6. The van der Waals surface area contributed by atoms with Crippen LogP contribution in [0.1, 0.15) is 35.1 Å². The smallest absolute Gasteiger partial charge is 0.256 e. The summed E-state index contributed by atoms with van der Waals surface area (Å²) in [6.07, 6.45) is 5.27. The first-order chi connectivity index (χ1) is 15.7. The van der Waals surface area contributed by atoms with Crippen LogP contribution in [0.15, 0.2) is 79.1 Å². The van der Waals surface area contributed by atoms with Gasteiger partial charge in [-0.2, -0.15) is 5.10 Å².